The third-order valence-corrected chi connectivity index (χ3v) is 6.59. The van der Waals surface area contributed by atoms with E-state index in [9.17, 15) is 9.59 Å². The van der Waals surface area contributed by atoms with Crippen LogP contribution in [0.2, 0.25) is 5.02 Å². The molecular formula is C26H22ClNO4S. The van der Waals surface area contributed by atoms with Crippen molar-refractivity contribution in [3.63, 3.8) is 0 Å². The molecule has 3 aromatic rings. The molecule has 0 aliphatic carbocycles. The quantitative estimate of drug-likeness (QED) is 0.363. The smallest absolute Gasteiger partial charge is 0.293 e. The molecule has 1 fully saturated rings. The van der Waals surface area contributed by atoms with Crippen molar-refractivity contribution in [3.05, 3.63) is 98.9 Å². The van der Waals surface area contributed by atoms with E-state index in [2.05, 4.69) is 0 Å². The predicted octanol–water partition coefficient (Wildman–Crippen LogP) is 6.47. The van der Waals surface area contributed by atoms with Crippen LogP contribution in [-0.4, -0.2) is 23.2 Å². The Morgan fingerprint density at radius 3 is 2.42 bits per heavy atom. The molecule has 168 valence electrons. The van der Waals surface area contributed by atoms with E-state index >= 15 is 0 Å². The highest BCUT2D eigenvalue weighted by Gasteiger charge is 2.35. The number of carbonyl (C=O) groups is 2. The molecule has 0 spiro atoms. The van der Waals surface area contributed by atoms with Gasteiger partial charge in [0.05, 0.1) is 18.6 Å². The van der Waals surface area contributed by atoms with E-state index in [1.54, 1.807) is 25.3 Å². The molecule has 7 heteroatoms. The minimum Gasteiger partial charge on any atom is -0.493 e. The summed E-state index contributed by atoms with van der Waals surface area (Å²) in [6.45, 7) is 2.43. The predicted molar refractivity (Wildman–Crippen MR) is 131 cm³/mol. The van der Waals surface area contributed by atoms with Gasteiger partial charge in [-0.25, -0.2) is 0 Å². The summed E-state index contributed by atoms with van der Waals surface area (Å²) in [5.41, 5.74) is 3.44. The van der Waals surface area contributed by atoms with Crippen LogP contribution >= 0.6 is 23.4 Å². The lowest BCUT2D eigenvalue weighted by atomic mass is 10.1. The van der Waals surface area contributed by atoms with Gasteiger partial charge in [0.2, 0.25) is 0 Å². The standard InChI is InChI=1S/C26H22ClNO4S/c1-17-8-3-4-9-19(17)15-28-25(29)23(33-26(28)30)14-18-11-7-13-22(31-2)24(18)32-16-20-10-5-6-12-21(20)27/h3-14H,15-16H2,1-2H3/b23-14-. The van der Waals surface area contributed by atoms with Crippen LogP contribution in [-0.2, 0) is 17.9 Å². The zero-order valence-electron chi connectivity index (χ0n) is 18.2. The highest BCUT2D eigenvalue weighted by molar-refractivity contribution is 8.18. The van der Waals surface area contributed by atoms with Gasteiger partial charge in [-0.1, -0.05) is 66.2 Å². The van der Waals surface area contributed by atoms with Gasteiger partial charge in [0.15, 0.2) is 11.5 Å². The van der Waals surface area contributed by atoms with Crippen LogP contribution in [0.1, 0.15) is 22.3 Å². The van der Waals surface area contributed by atoms with Crippen LogP contribution in [0.15, 0.2) is 71.6 Å². The molecule has 33 heavy (non-hydrogen) atoms. The molecule has 0 saturated carbocycles. The molecule has 0 atom stereocenters. The molecule has 1 aliphatic rings. The average Bonchev–Trinajstić information content (AvgIpc) is 3.07. The topological polar surface area (TPSA) is 55.8 Å². The fourth-order valence-corrected chi connectivity index (χ4v) is 4.48. The number of rotatable bonds is 7. The van der Waals surface area contributed by atoms with E-state index in [1.807, 2.05) is 61.5 Å². The summed E-state index contributed by atoms with van der Waals surface area (Å²) in [4.78, 5) is 27.3. The highest BCUT2D eigenvalue weighted by atomic mass is 35.5. The number of benzene rings is 3. The molecule has 0 bridgehead atoms. The van der Waals surface area contributed by atoms with Gasteiger partial charge in [0.25, 0.3) is 11.1 Å². The third-order valence-electron chi connectivity index (χ3n) is 5.31. The number of hydrogen-bond donors (Lipinski definition) is 0. The van der Waals surface area contributed by atoms with Crippen LogP contribution in [0, 0.1) is 6.92 Å². The average molecular weight is 480 g/mol. The molecule has 0 aromatic heterocycles. The van der Waals surface area contributed by atoms with Crippen LogP contribution in [0.4, 0.5) is 4.79 Å². The first-order chi connectivity index (χ1) is 16.0. The lowest BCUT2D eigenvalue weighted by Gasteiger charge is -2.15. The van der Waals surface area contributed by atoms with Gasteiger partial charge < -0.3 is 9.47 Å². The van der Waals surface area contributed by atoms with Crippen LogP contribution in [0.25, 0.3) is 6.08 Å². The summed E-state index contributed by atoms with van der Waals surface area (Å²) >= 11 is 7.18. The molecule has 3 aromatic carbocycles. The van der Waals surface area contributed by atoms with Crippen molar-refractivity contribution < 1.29 is 19.1 Å². The zero-order chi connectivity index (χ0) is 23.4. The summed E-state index contributed by atoms with van der Waals surface area (Å²) in [5, 5.41) is 0.308. The maximum absolute atomic E-state index is 13.1. The van der Waals surface area contributed by atoms with E-state index in [0.29, 0.717) is 27.0 Å². The molecule has 0 N–H and O–H groups in total. The van der Waals surface area contributed by atoms with E-state index in [4.69, 9.17) is 21.1 Å². The highest BCUT2D eigenvalue weighted by Crippen LogP contribution is 2.38. The summed E-state index contributed by atoms with van der Waals surface area (Å²) in [6, 6.07) is 20.5. The first-order valence-corrected chi connectivity index (χ1v) is 11.5. The van der Waals surface area contributed by atoms with Gasteiger partial charge in [-0.15, -0.1) is 0 Å². The van der Waals surface area contributed by atoms with Gasteiger partial charge >= 0.3 is 0 Å². The first-order valence-electron chi connectivity index (χ1n) is 10.3. The number of carbonyl (C=O) groups excluding carboxylic acids is 2. The number of hydrogen-bond acceptors (Lipinski definition) is 5. The maximum Gasteiger partial charge on any atom is 0.293 e. The number of halogens is 1. The largest absolute Gasteiger partial charge is 0.493 e. The van der Waals surface area contributed by atoms with Gasteiger partial charge in [-0.2, -0.15) is 0 Å². The summed E-state index contributed by atoms with van der Waals surface area (Å²) in [7, 11) is 1.55. The molecule has 1 saturated heterocycles. The maximum atomic E-state index is 13.1. The van der Waals surface area contributed by atoms with E-state index in [-0.39, 0.29) is 24.3 Å². The van der Waals surface area contributed by atoms with Gasteiger partial charge in [-0.3, -0.25) is 14.5 Å². The fraction of sp³-hybridized carbons (Fsp3) is 0.154. The molecule has 1 aliphatic heterocycles. The summed E-state index contributed by atoms with van der Waals surface area (Å²) in [5.74, 6) is 0.675. The number of thioether (sulfide) groups is 1. The van der Waals surface area contributed by atoms with Crippen molar-refractivity contribution in [3.8, 4) is 11.5 Å². The Bertz CT molecular complexity index is 1240. The molecule has 4 rings (SSSR count). The number of nitrogens with zero attached hydrogens (tertiary/aromatic N) is 1. The monoisotopic (exact) mass is 479 g/mol. The van der Waals surface area contributed by atoms with Crippen molar-refractivity contribution in [2.75, 3.05) is 7.11 Å². The van der Waals surface area contributed by atoms with Crippen molar-refractivity contribution >= 4 is 40.6 Å². The molecule has 5 nitrogen and oxygen atoms in total. The van der Waals surface area contributed by atoms with Crippen molar-refractivity contribution in [2.24, 2.45) is 0 Å². The molecule has 0 unspecified atom stereocenters. The summed E-state index contributed by atoms with van der Waals surface area (Å²) < 4.78 is 11.5. The number of aryl methyl sites for hydroxylation is 1. The molecule has 2 amide bonds. The molecular weight excluding hydrogens is 458 g/mol. The Labute approximate surface area is 202 Å². The molecule has 0 radical (unpaired) electrons. The SMILES string of the molecule is COc1cccc(/C=C2\SC(=O)N(Cc3ccccc3C)C2=O)c1OCc1ccccc1Cl. The number of para-hydroxylation sites is 1. The minimum absolute atomic E-state index is 0.232. The van der Waals surface area contributed by atoms with Gasteiger partial charge in [0.1, 0.15) is 6.61 Å². The van der Waals surface area contributed by atoms with E-state index in [0.717, 1.165) is 28.5 Å². The van der Waals surface area contributed by atoms with Crippen LogP contribution < -0.4 is 9.47 Å². The van der Waals surface area contributed by atoms with Gasteiger partial charge in [0, 0.05) is 16.1 Å². The fourth-order valence-electron chi connectivity index (χ4n) is 3.46. The Hall–Kier alpha value is -3.22. The van der Waals surface area contributed by atoms with Crippen LogP contribution in [0.3, 0.4) is 0 Å². The normalized spacial score (nSPS) is 14.8. The van der Waals surface area contributed by atoms with E-state index < -0.39 is 0 Å². The number of methoxy groups -OCH3 is 1. The Morgan fingerprint density at radius 2 is 1.70 bits per heavy atom. The second kappa shape index (κ2) is 10.1. The van der Waals surface area contributed by atoms with Crippen LogP contribution in [0.5, 0.6) is 11.5 Å². The Kier molecular flexibility index (Phi) is 7.06. The minimum atomic E-state index is -0.326. The number of ether oxygens (including phenoxy) is 2. The lowest BCUT2D eigenvalue weighted by Crippen LogP contribution is -2.27. The van der Waals surface area contributed by atoms with Crippen molar-refractivity contribution in [1.82, 2.24) is 4.90 Å². The zero-order valence-corrected chi connectivity index (χ0v) is 19.8. The van der Waals surface area contributed by atoms with Gasteiger partial charge in [-0.05, 0) is 48.0 Å². The van der Waals surface area contributed by atoms with Crippen molar-refractivity contribution in [2.45, 2.75) is 20.1 Å². The second-order valence-corrected chi connectivity index (χ2v) is 8.85. The second-order valence-electron chi connectivity index (χ2n) is 7.45. The summed E-state index contributed by atoms with van der Waals surface area (Å²) in [6.07, 6.45) is 1.67. The van der Waals surface area contributed by atoms with E-state index in [1.165, 1.54) is 4.90 Å². The Morgan fingerprint density at radius 1 is 0.970 bits per heavy atom. The Balaban J connectivity index is 1.60. The first kappa shape index (κ1) is 23.0. The van der Waals surface area contributed by atoms with Crippen molar-refractivity contribution in [1.29, 1.82) is 0 Å². The third kappa shape index (κ3) is 5.07. The number of imide groups is 1. The number of amides is 2. The molecule has 1 heterocycles. The lowest BCUT2D eigenvalue weighted by molar-refractivity contribution is -0.123.